The summed E-state index contributed by atoms with van der Waals surface area (Å²) < 4.78 is 0. The van der Waals surface area contributed by atoms with Gasteiger partial charge in [0.2, 0.25) is 11.8 Å². The van der Waals surface area contributed by atoms with Gasteiger partial charge in [0.1, 0.15) is 11.8 Å². The zero-order chi connectivity index (χ0) is 19.6. The topological polar surface area (TPSA) is 104 Å². The number of anilines is 1. The Morgan fingerprint density at radius 2 is 1.75 bits per heavy atom. The minimum Gasteiger partial charge on any atom is -0.371 e. The molecule has 1 aliphatic carbocycles. The molecule has 0 radical (unpaired) electrons. The number of piperidine rings is 1. The zero-order valence-corrected chi connectivity index (χ0v) is 15.2. The van der Waals surface area contributed by atoms with E-state index in [0.29, 0.717) is 18.6 Å². The van der Waals surface area contributed by atoms with Crippen LogP contribution in [0, 0.1) is 5.41 Å². The van der Waals surface area contributed by atoms with Crippen molar-refractivity contribution in [3.63, 3.8) is 0 Å². The lowest BCUT2D eigenvalue weighted by atomic mass is 9.67. The molecular formula is C20H19N3O5. The van der Waals surface area contributed by atoms with Crippen LogP contribution in [0.25, 0.3) is 0 Å². The van der Waals surface area contributed by atoms with Crippen LogP contribution in [-0.4, -0.2) is 53.4 Å². The average molecular weight is 381 g/mol. The second-order valence-corrected chi connectivity index (χ2v) is 8.24. The number of hydrogen-bond acceptors (Lipinski definition) is 6. The summed E-state index contributed by atoms with van der Waals surface area (Å²) >= 11 is 0. The van der Waals surface area contributed by atoms with Gasteiger partial charge in [0.15, 0.2) is 0 Å². The molecular weight excluding hydrogens is 362 g/mol. The molecule has 4 amide bonds. The first-order chi connectivity index (χ1) is 13.4. The fourth-order valence-electron chi connectivity index (χ4n) is 4.88. The highest BCUT2D eigenvalue weighted by Crippen LogP contribution is 2.47. The number of carbonyl (C=O) groups is 5. The minimum absolute atomic E-state index is 0.0642. The number of carbonyl (C=O) groups excluding carboxylic acids is 5. The van der Waals surface area contributed by atoms with Crippen LogP contribution in [0.15, 0.2) is 18.2 Å². The Bertz CT molecular complexity index is 961. The lowest BCUT2D eigenvalue weighted by Crippen LogP contribution is -2.54. The molecule has 1 atom stereocenters. The van der Waals surface area contributed by atoms with E-state index in [9.17, 15) is 24.0 Å². The van der Waals surface area contributed by atoms with Crippen molar-refractivity contribution in [2.75, 3.05) is 18.0 Å². The number of nitrogens with zero attached hydrogens (tertiary/aromatic N) is 2. The largest absolute Gasteiger partial charge is 0.371 e. The molecule has 28 heavy (non-hydrogen) atoms. The van der Waals surface area contributed by atoms with Crippen molar-refractivity contribution in [3.8, 4) is 0 Å². The van der Waals surface area contributed by atoms with Gasteiger partial charge in [0, 0.05) is 43.5 Å². The van der Waals surface area contributed by atoms with Gasteiger partial charge in [-0.15, -0.1) is 0 Å². The predicted molar refractivity (Wildman–Crippen MR) is 96.6 cm³/mol. The molecule has 1 aromatic carbocycles. The van der Waals surface area contributed by atoms with E-state index in [2.05, 4.69) is 10.2 Å². The Labute approximate surface area is 160 Å². The Morgan fingerprint density at radius 1 is 1.00 bits per heavy atom. The maximum atomic E-state index is 12.9. The van der Waals surface area contributed by atoms with Crippen LogP contribution in [0.3, 0.4) is 0 Å². The second kappa shape index (κ2) is 5.73. The molecule has 0 bridgehead atoms. The Morgan fingerprint density at radius 3 is 2.46 bits per heavy atom. The smallest absolute Gasteiger partial charge is 0.262 e. The summed E-state index contributed by atoms with van der Waals surface area (Å²) in [5.74, 6) is -1.69. The highest BCUT2D eigenvalue weighted by molar-refractivity contribution is 6.23. The first kappa shape index (κ1) is 17.1. The molecule has 0 aromatic heterocycles. The predicted octanol–water partition coefficient (Wildman–Crippen LogP) is 0.647. The van der Waals surface area contributed by atoms with E-state index in [-0.39, 0.29) is 29.4 Å². The van der Waals surface area contributed by atoms with Crippen LogP contribution in [0.4, 0.5) is 5.69 Å². The summed E-state index contributed by atoms with van der Waals surface area (Å²) in [6.07, 6.45) is 2.44. The molecule has 1 aromatic rings. The number of Topliss-reactive ketones (excluding diaryl/α,β-unsaturated/α-hetero) is 1. The van der Waals surface area contributed by atoms with Crippen LogP contribution in [0.5, 0.6) is 0 Å². The van der Waals surface area contributed by atoms with E-state index in [1.165, 1.54) is 0 Å². The number of imide groups is 2. The second-order valence-electron chi connectivity index (χ2n) is 8.24. The molecule has 4 aliphatic rings. The number of rotatable bonds is 2. The van der Waals surface area contributed by atoms with Crippen LogP contribution in [0.2, 0.25) is 0 Å². The van der Waals surface area contributed by atoms with Gasteiger partial charge >= 0.3 is 0 Å². The molecule has 1 unspecified atom stereocenters. The summed E-state index contributed by atoms with van der Waals surface area (Å²) in [5.41, 5.74) is 1.49. The fourth-order valence-corrected chi connectivity index (χ4v) is 4.88. The van der Waals surface area contributed by atoms with Gasteiger partial charge in [-0.2, -0.15) is 0 Å². The van der Waals surface area contributed by atoms with Crippen molar-refractivity contribution in [2.45, 2.75) is 38.1 Å². The van der Waals surface area contributed by atoms with Crippen molar-refractivity contribution in [1.82, 2.24) is 10.2 Å². The van der Waals surface area contributed by atoms with Crippen molar-refractivity contribution < 1.29 is 24.0 Å². The van der Waals surface area contributed by atoms with E-state index >= 15 is 0 Å². The van der Waals surface area contributed by atoms with Gasteiger partial charge in [-0.3, -0.25) is 34.2 Å². The van der Waals surface area contributed by atoms with Gasteiger partial charge in [0.05, 0.1) is 11.1 Å². The molecule has 2 saturated heterocycles. The molecule has 8 heteroatoms. The zero-order valence-electron chi connectivity index (χ0n) is 15.2. The molecule has 5 rings (SSSR count). The Balaban J connectivity index is 1.40. The lowest BCUT2D eigenvalue weighted by Gasteiger charge is -2.36. The number of nitrogens with one attached hydrogen (secondary N) is 1. The molecule has 144 valence electrons. The Kier molecular flexibility index (Phi) is 3.50. The fraction of sp³-hybridized carbons (Fsp3) is 0.450. The average Bonchev–Trinajstić information content (AvgIpc) is 3.17. The van der Waals surface area contributed by atoms with Gasteiger partial charge in [-0.1, -0.05) is 0 Å². The standard InChI is InChI=1S/C20H19N3O5/c24-12-8-20(9-12)5-6-22(10-20)11-1-2-13-14(7-11)19(28)23(18(13)27)15-3-4-16(25)21-17(15)26/h1-2,7,15H,3-6,8-10H2,(H,21,25,26). The van der Waals surface area contributed by atoms with Crippen molar-refractivity contribution in [2.24, 2.45) is 5.41 Å². The number of amides is 4. The third kappa shape index (κ3) is 2.40. The summed E-state index contributed by atoms with van der Waals surface area (Å²) in [6, 6.07) is 4.20. The summed E-state index contributed by atoms with van der Waals surface area (Å²) in [7, 11) is 0. The Hall–Kier alpha value is -3.03. The van der Waals surface area contributed by atoms with Gasteiger partial charge in [0.25, 0.3) is 11.8 Å². The monoisotopic (exact) mass is 381 g/mol. The van der Waals surface area contributed by atoms with Crippen molar-refractivity contribution in [3.05, 3.63) is 29.3 Å². The van der Waals surface area contributed by atoms with Crippen LogP contribution >= 0.6 is 0 Å². The summed E-state index contributed by atoms with van der Waals surface area (Å²) in [4.78, 5) is 63.7. The van der Waals surface area contributed by atoms with Crippen molar-refractivity contribution >= 4 is 35.1 Å². The molecule has 1 saturated carbocycles. The van der Waals surface area contributed by atoms with E-state index < -0.39 is 29.7 Å². The van der Waals surface area contributed by atoms with Crippen LogP contribution in [0.1, 0.15) is 52.8 Å². The maximum absolute atomic E-state index is 12.9. The van der Waals surface area contributed by atoms with Crippen LogP contribution in [-0.2, 0) is 14.4 Å². The normalized spacial score (nSPS) is 26.0. The third-order valence-corrected chi connectivity index (χ3v) is 6.37. The number of fused-ring (bicyclic) bond motifs is 1. The minimum atomic E-state index is -0.954. The van der Waals surface area contributed by atoms with Gasteiger partial charge in [-0.05, 0) is 31.0 Å². The molecule has 3 aliphatic heterocycles. The van der Waals surface area contributed by atoms with Crippen LogP contribution < -0.4 is 10.2 Å². The third-order valence-electron chi connectivity index (χ3n) is 6.37. The summed E-state index contributed by atoms with van der Waals surface area (Å²) in [5, 5.41) is 2.20. The number of benzene rings is 1. The highest BCUT2D eigenvalue weighted by Gasteiger charge is 2.49. The SMILES string of the molecule is O=C1CC2(CCN(c3ccc4c(c3)C(=O)N(C3CCC(=O)NC3=O)C4=O)C2)C1. The molecule has 8 nitrogen and oxygen atoms in total. The maximum Gasteiger partial charge on any atom is 0.262 e. The first-order valence-corrected chi connectivity index (χ1v) is 9.49. The number of ketones is 1. The van der Waals surface area contributed by atoms with Gasteiger partial charge < -0.3 is 4.90 Å². The molecule has 3 fully saturated rings. The molecule has 3 heterocycles. The lowest BCUT2D eigenvalue weighted by molar-refractivity contribution is -0.136. The van der Waals surface area contributed by atoms with Crippen molar-refractivity contribution in [1.29, 1.82) is 0 Å². The summed E-state index contributed by atoms with van der Waals surface area (Å²) in [6.45, 7) is 1.58. The van der Waals surface area contributed by atoms with E-state index in [4.69, 9.17) is 0 Å². The molecule has 1 spiro atoms. The van der Waals surface area contributed by atoms with E-state index in [1.807, 2.05) is 6.07 Å². The van der Waals surface area contributed by atoms with Gasteiger partial charge in [-0.25, -0.2) is 0 Å². The van der Waals surface area contributed by atoms with E-state index in [1.54, 1.807) is 12.1 Å². The number of hydrogen-bond donors (Lipinski definition) is 1. The quantitative estimate of drug-likeness (QED) is 0.755. The first-order valence-electron chi connectivity index (χ1n) is 9.49. The highest BCUT2D eigenvalue weighted by atomic mass is 16.2. The van der Waals surface area contributed by atoms with E-state index in [0.717, 1.165) is 30.1 Å². The molecule has 1 N–H and O–H groups in total.